The lowest BCUT2D eigenvalue weighted by atomic mass is 9.80. The molecule has 2 rings (SSSR count). The first-order valence-corrected chi connectivity index (χ1v) is 8.99. The van der Waals surface area contributed by atoms with Gasteiger partial charge in [0.25, 0.3) is 5.79 Å². The van der Waals surface area contributed by atoms with E-state index in [0.29, 0.717) is 0 Å². The molecule has 1 radical (unpaired) electrons. The molecule has 2 unspecified atom stereocenters. The van der Waals surface area contributed by atoms with Crippen LogP contribution in [0.1, 0.15) is 13.8 Å². The summed E-state index contributed by atoms with van der Waals surface area (Å²) in [6.45, 7) is 0.436. The molecule has 2 aliphatic heterocycles. The molecule has 167 valence electrons. The van der Waals surface area contributed by atoms with Crippen LogP contribution in [0.2, 0.25) is 0 Å². The molecule has 0 saturated carbocycles. The highest BCUT2D eigenvalue weighted by Crippen LogP contribution is 2.38. The lowest BCUT2D eigenvalue weighted by molar-refractivity contribution is -0.393. The Hall–Kier alpha value is -1.42. The van der Waals surface area contributed by atoms with E-state index >= 15 is 0 Å². The first kappa shape index (κ1) is 23.9. The van der Waals surface area contributed by atoms with E-state index in [4.69, 9.17) is 9.47 Å². The predicted octanol–water partition coefficient (Wildman–Crippen LogP) is -5.28. The van der Waals surface area contributed by atoms with Crippen molar-refractivity contribution in [3.63, 3.8) is 0 Å². The van der Waals surface area contributed by atoms with Crippen LogP contribution in [-0.2, 0) is 24.2 Å². The highest BCUT2D eigenvalue weighted by molar-refractivity contribution is 5.74. The van der Waals surface area contributed by atoms with Crippen molar-refractivity contribution in [2.24, 2.45) is 0 Å². The summed E-state index contributed by atoms with van der Waals surface area (Å²) in [7, 11) is 0. The maximum Gasteiger partial charge on any atom is 0.253 e. The summed E-state index contributed by atoms with van der Waals surface area (Å²) in [5, 5.41) is 78.1. The third-order valence-electron chi connectivity index (χ3n) is 5.07. The van der Waals surface area contributed by atoms with Crippen molar-refractivity contribution in [3.05, 3.63) is 0 Å². The number of carbonyl (C=O) groups is 2. The number of aliphatic hydroxyl groups excluding tert-OH is 6. The Labute approximate surface area is 165 Å². The first-order valence-electron chi connectivity index (χ1n) is 8.99. The molecule has 2 fully saturated rings. The minimum atomic E-state index is -2.95. The third-order valence-corrected chi connectivity index (χ3v) is 5.07. The zero-order chi connectivity index (χ0) is 22.1. The number of hydrogen-bond donors (Lipinski definition) is 8. The highest BCUT2D eigenvalue weighted by Gasteiger charge is 2.64. The van der Waals surface area contributed by atoms with Crippen LogP contribution in [0.25, 0.3) is 0 Å². The molecular weight excluding hydrogens is 396 g/mol. The number of rotatable bonds is 5. The topological polar surface area (TPSA) is 218 Å². The van der Waals surface area contributed by atoms with Crippen LogP contribution < -0.4 is 10.6 Å². The van der Waals surface area contributed by atoms with Crippen LogP contribution in [0.15, 0.2) is 0 Å². The van der Waals surface area contributed by atoms with Gasteiger partial charge in [-0.3, -0.25) is 9.59 Å². The zero-order valence-electron chi connectivity index (χ0n) is 15.8. The summed E-state index contributed by atoms with van der Waals surface area (Å²) >= 11 is 0. The van der Waals surface area contributed by atoms with E-state index in [0.717, 1.165) is 13.8 Å². The van der Waals surface area contributed by atoms with E-state index in [-0.39, 0.29) is 0 Å². The van der Waals surface area contributed by atoms with Crippen LogP contribution in [0.3, 0.4) is 0 Å². The number of hydrogen-bond acceptors (Lipinski definition) is 10. The molecule has 2 heterocycles. The normalized spacial score (nSPS) is 45.5. The molecule has 0 aromatic rings. The maximum absolute atomic E-state index is 13.8. The number of amides is 2. The fourth-order valence-corrected chi connectivity index (χ4v) is 3.69. The van der Waals surface area contributed by atoms with Crippen molar-refractivity contribution in [2.75, 3.05) is 13.2 Å². The molecule has 2 amide bonds. The van der Waals surface area contributed by atoms with Crippen molar-refractivity contribution in [1.29, 1.82) is 0 Å². The van der Waals surface area contributed by atoms with Gasteiger partial charge >= 0.3 is 0 Å². The molecule has 29 heavy (non-hydrogen) atoms. The van der Waals surface area contributed by atoms with Gasteiger partial charge in [0.1, 0.15) is 48.8 Å². The van der Waals surface area contributed by atoms with Gasteiger partial charge in [0.2, 0.25) is 11.8 Å². The van der Waals surface area contributed by atoms with E-state index in [1.807, 2.05) is 0 Å². The van der Waals surface area contributed by atoms with Crippen LogP contribution in [-0.4, -0.2) is 116 Å². The Morgan fingerprint density at radius 1 is 0.862 bits per heavy atom. The van der Waals surface area contributed by atoms with Gasteiger partial charge in [0.05, 0.1) is 19.3 Å². The SMILES string of the molecule is CC(=O)N[C@@H]1[C@@H](O)[C@H](O)[C@@H](CO)OC1([O])C1O[C@H](CO)[C@@H](O)[C@H](O)[C@H]1NC(C)=O. The third kappa shape index (κ3) is 4.52. The van der Waals surface area contributed by atoms with Crippen LogP contribution in [0, 0.1) is 0 Å². The number of aliphatic hydroxyl groups is 6. The summed E-state index contributed by atoms with van der Waals surface area (Å²) in [6.07, 6.45) is -12.0. The Bertz CT molecular complexity index is 607. The van der Waals surface area contributed by atoms with Crippen LogP contribution >= 0.6 is 0 Å². The summed E-state index contributed by atoms with van der Waals surface area (Å²) < 4.78 is 10.7. The Morgan fingerprint density at radius 2 is 1.38 bits per heavy atom. The number of ether oxygens (including phenoxy) is 2. The van der Waals surface area contributed by atoms with Gasteiger partial charge in [0, 0.05) is 13.8 Å². The molecule has 0 aliphatic carbocycles. The van der Waals surface area contributed by atoms with E-state index in [9.17, 15) is 45.3 Å². The second kappa shape index (κ2) is 9.16. The molecule has 13 nitrogen and oxygen atoms in total. The van der Waals surface area contributed by atoms with Gasteiger partial charge in [-0.2, -0.15) is 5.11 Å². The fraction of sp³-hybridized carbons (Fsp3) is 0.875. The standard InChI is InChI=1S/C16H27N2O11/c1-5(21)17-9-12(25)10(23)7(3-19)28-15(9)16(27)14(18-6(2)22)13(26)11(24)8(4-20)29-16/h7-15,19-20,23-26H,3-4H2,1-2H3,(H,17,21)(H,18,22)/t7-,8-,9-,10-,11-,12-,13+,14-,15?,16?/m1/s1. The van der Waals surface area contributed by atoms with Gasteiger partial charge in [-0.05, 0) is 0 Å². The Kier molecular flexibility index (Phi) is 7.53. The monoisotopic (exact) mass is 423 g/mol. The summed E-state index contributed by atoms with van der Waals surface area (Å²) in [5.74, 6) is -4.41. The smallest absolute Gasteiger partial charge is 0.253 e. The van der Waals surface area contributed by atoms with Gasteiger partial charge < -0.3 is 50.7 Å². The molecule has 8 N–H and O–H groups in total. The van der Waals surface area contributed by atoms with E-state index in [1.165, 1.54) is 0 Å². The molecule has 0 aromatic heterocycles. The van der Waals surface area contributed by atoms with Crippen LogP contribution in [0.4, 0.5) is 0 Å². The predicted molar refractivity (Wildman–Crippen MR) is 90.4 cm³/mol. The lowest BCUT2D eigenvalue weighted by Gasteiger charge is -2.53. The lowest BCUT2D eigenvalue weighted by Crippen LogP contribution is -2.79. The molecular formula is C16H27N2O11. The molecule has 0 bridgehead atoms. The van der Waals surface area contributed by atoms with Crippen molar-refractivity contribution in [3.8, 4) is 0 Å². The summed E-state index contributed by atoms with van der Waals surface area (Å²) in [4.78, 5) is 23.2. The van der Waals surface area contributed by atoms with Gasteiger partial charge in [-0.25, -0.2) is 0 Å². The average molecular weight is 423 g/mol. The zero-order valence-corrected chi connectivity index (χ0v) is 15.8. The number of nitrogens with one attached hydrogen (secondary N) is 2. The highest BCUT2D eigenvalue weighted by atomic mass is 16.7. The molecule has 13 heteroatoms. The Balaban J connectivity index is 2.53. The largest absolute Gasteiger partial charge is 0.394 e. The van der Waals surface area contributed by atoms with Crippen molar-refractivity contribution < 1.29 is 54.8 Å². The summed E-state index contributed by atoms with van der Waals surface area (Å²) in [5.41, 5.74) is 0. The van der Waals surface area contributed by atoms with E-state index < -0.39 is 85.6 Å². The van der Waals surface area contributed by atoms with E-state index in [2.05, 4.69) is 10.6 Å². The minimum absolute atomic E-state index is 0.702. The number of carbonyl (C=O) groups excluding carboxylic acids is 2. The average Bonchev–Trinajstić information content (AvgIpc) is 2.65. The molecule has 0 spiro atoms. The van der Waals surface area contributed by atoms with Gasteiger partial charge in [-0.15, -0.1) is 0 Å². The minimum Gasteiger partial charge on any atom is -0.394 e. The molecule has 0 aromatic carbocycles. The van der Waals surface area contributed by atoms with Crippen molar-refractivity contribution in [2.45, 2.75) is 74.4 Å². The fourth-order valence-electron chi connectivity index (χ4n) is 3.69. The first-order chi connectivity index (χ1) is 13.5. The van der Waals surface area contributed by atoms with Gasteiger partial charge in [0.15, 0.2) is 0 Å². The second-order valence-electron chi connectivity index (χ2n) is 7.20. The van der Waals surface area contributed by atoms with Crippen LogP contribution in [0.5, 0.6) is 0 Å². The van der Waals surface area contributed by atoms with E-state index in [1.54, 1.807) is 0 Å². The summed E-state index contributed by atoms with van der Waals surface area (Å²) in [6, 6.07) is -3.40. The maximum atomic E-state index is 13.8. The second-order valence-corrected chi connectivity index (χ2v) is 7.20. The Morgan fingerprint density at radius 3 is 1.86 bits per heavy atom. The van der Waals surface area contributed by atoms with Crippen molar-refractivity contribution >= 4 is 11.8 Å². The van der Waals surface area contributed by atoms with Gasteiger partial charge in [-0.1, -0.05) is 0 Å². The molecule has 2 saturated heterocycles. The molecule has 10 atom stereocenters. The quantitative estimate of drug-likeness (QED) is 0.210. The molecule has 2 aliphatic rings. The van der Waals surface area contributed by atoms with Crippen molar-refractivity contribution in [1.82, 2.24) is 10.6 Å².